The minimum atomic E-state index is -4.73. The minimum absolute atomic E-state index is 0.0270. The molecule has 0 aliphatic heterocycles. The van der Waals surface area contributed by atoms with E-state index >= 15 is 0 Å². The van der Waals surface area contributed by atoms with Gasteiger partial charge in [-0.3, -0.25) is 4.84 Å². The summed E-state index contributed by atoms with van der Waals surface area (Å²) in [5.74, 6) is -1.74. The lowest BCUT2D eigenvalue weighted by Gasteiger charge is -2.12. The summed E-state index contributed by atoms with van der Waals surface area (Å²) in [6, 6.07) is 2.59. The molecular formula is C11H9F3N4O4. The van der Waals surface area contributed by atoms with Crippen molar-refractivity contribution in [3.05, 3.63) is 24.2 Å². The lowest BCUT2D eigenvalue weighted by molar-refractivity contribution is -0.159. The molecule has 118 valence electrons. The van der Waals surface area contributed by atoms with Gasteiger partial charge in [-0.05, 0) is 12.1 Å². The van der Waals surface area contributed by atoms with E-state index in [2.05, 4.69) is 24.5 Å². The highest BCUT2D eigenvalue weighted by molar-refractivity contribution is 5.69. The van der Waals surface area contributed by atoms with Crippen molar-refractivity contribution in [3.63, 3.8) is 0 Å². The zero-order valence-corrected chi connectivity index (χ0v) is 11.3. The van der Waals surface area contributed by atoms with Crippen molar-refractivity contribution < 1.29 is 32.1 Å². The molecule has 2 aromatic rings. The SMILES string of the molecule is CON(C)C(=O)Oc1ccc(-c2noc(C(F)(F)F)n2)nc1. The van der Waals surface area contributed by atoms with Crippen molar-refractivity contribution in [2.45, 2.75) is 6.18 Å². The normalized spacial score (nSPS) is 11.3. The molecule has 0 aromatic carbocycles. The molecule has 0 atom stereocenters. The zero-order valence-electron chi connectivity index (χ0n) is 11.3. The van der Waals surface area contributed by atoms with Crippen molar-refractivity contribution in [1.29, 1.82) is 0 Å². The van der Waals surface area contributed by atoms with Crippen LogP contribution in [0.15, 0.2) is 22.9 Å². The van der Waals surface area contributed by atoms with E-state index in [-0.39, 0.29) is 17.3 Å². The van der Waals surface area contributed by atoms with E-state index in [1.54, 1.807) is 0 Å². The van der Waals surface area contributed by atoms with Gasteiger partial charge in [-0.1, -0.05) is 5.16 Å². The predicted molar refractivity (Wildman–Crippen MR) is 63.3 cm³/mol. The molecule has 0 unspecified atom stereocenters. The molecule has 1 amide bonds. The van der Waals surface area contributed by atoms with Crippen LogP contribution in [0, 0.1) is 0 Å². The van der Waals surface area contributed by atoms with Crippen LogP contribution in [0.1, 0.15) is 5.89 Å². The van der Waals surface area contributed by atoms with Crippen molar-refractivity contribution >= 4 is 6.09 Å². The summed E-state index contributed by atoms with van der Waals surface area (Å²) in [4.78, 5) is 23.0. The molecule has 0 saturated carbocycles. The number of amides is 1. The summed E-state index contributed by atoms with van der Waals surface area (Å²) in [5.41, 5.74) is 0.0270. The van der Waals surface area contributed by atoms with Crippen molar-refractivity contribution in [2.24, 2.45) is 0 Å². The predicted octanol–water partition coefficient (Wildman–Crippen LogP) is 2.14. The molecule has 8 nitrogen and oxygen atoms in total. The first-order chi connectivity index (χ1) is 10.3. The van der Waals surface area contributed by atoms with Crippen LogP contribution < -0.4 is 4.74 Å². The first-order valence-corrected chi connectivity index (χ1v) is 5.68. The van der Waals surface area contributed by atoms with Gasteiger partial charge in [0.25, 0.3) is 0 Å². The Morgan fingerprint density at radius 2 is 2.09 bits per heavy atom. The fraction of sp³-hybridized carbons (Fsp3) is 0.273. The molecule has 0 fully saturated rings. The summed E-state index contributed by atoms with van der Waals surface area (Å²) in [6.45, 7) is 0. The van der Waals surface area contributed by atoms with E-state index < -0.39 is 18.2 Å². The Morgan fingerprint density at radius 3 is 2.59 bits per heavy atom. The Morgan fingerprint density at radius 1 is 1.36 bits per heavy atom. The maximum Gasteiger partial charge on any atom is 0.471 e. The third kappa shape index (κ3) is 3.49. The Balaban J connectivity index is 2.12. The van der Waals surface area contributed by atoms with Gasteiger partial charge in [0.15, 0.2) is 5.75 Å². The van der Waals surface area contributed by atoms with Crippen LogP contribution in [-0.4, -0.2) is 40.4 Å². The number of halogens is 3. The number of hydrogen-bond donors (Lipinski definition) is 0. The number of carbonyl (C=O) groups is 1. The summed E-state index contributed by atoms with van der Waals surface area (Å²) >= 11 is 0. The van der Waals surface area contributed by atoms with Crippen molar-refractivity contribution in [1.82, 2.24) is 20.2 Å². The van der Waals surface area contributed by atoms with E-state index in [9.17, 15) is 18.0 Å². The molecule has 0 aliphatic rings. The largest absolute Gasteiger partial charge is 0.471 e. The van der Waals surface area contributed by atoms with Crippen LogP contribution in [0.25, 0.3) is 11.5 Å². The molecule has 0 bridgehead atoms. The van der Waals surface area contributed by atoms with Gasteiger partial charge in [-0.25, -0.2) is 9.78 Å². The average Bonchev–Trinajstić information content (AvgIpc) is 2.97. The first-order valence-electron chi connectivity index (χ1n) is 5.68. The van der Waals surface area contributed by atoms with E-state index in [4.69, 9.17) is 4.74 Å². The highest BCUT2D eigenvalue weighted by Gasteiger charge is 2.38. The second-order valence-electron chi connectivity index (χ2n) is 3.85. The molecular weight excluding hydrogens is 309 g/mol. The van der Waals surface area contributed by atoms with E-state index in [0.717, 1.165) is 11.3 Å². The topological polar surface area (TPSA) is 90.6 Å². The molecule has 2 heterocycles. The maximum absolute atomic E-state index is 12.3. The second kappa shape index (κ2) is 5.97. The fourth-order valence-electron chi connectivity index (χ4n) is 1.26. The Bertz CT molecular complexity index is 656. The average molecular weight is 318 g/mol. The molecule has 0 N–H and O–H groups in total. The van der Waals surface area contributed by atoms with E-state index in [0.29, 0.717) is 0 Å². The summed E-state index contributed by atoms with van der Waals surface area (Å²) in [5, 5.41) is 4.02. The van der Waals surface area contributed by atoms with Crippen molar-refractivity contribution in [3.8, 4) is 17.3 Å². The number of carbonyl (C=O) groups excluding carboxylic acids is 1. The molecule has 2 rings (SSSR count). The molecule has 0 aliphatic carbocycles. The van der Waals surface area contributed by atoms with Gasteiger partial charge in [0.1, 0.15) is 5.69 Å². The minimum Gasteiger partial charge on any atom is -0.407 e. The third-order valence-corrected chi connectivity index (χ3v) is 2.37. The van der Waals surface area contributed by atoms with Crippen LogP contribution in [0.4, 0.5) is 18.0 Å². The van der Waals surface area contributed by atoms with Gasteiger partial charge in [0.2, 0.25) is 5.82 Å². The number of alkyl halides is 3. The molecule has 0 saturated heterocycles. The van der Waals surface area contributed by atoms with Crippen LogP contribution in [0.5, 0.6) is 5.75 Å². The zero-order chi connectivity index (χ0) is 16.3. The van der Waals surface area contributed by atoms with Crippen molar-refractivity contribution in [2.75, 3.05) is 14.2 Å². The molecule has 11 heteroatoms. The number of hydrogen-bond acceptors (Lipinski definition) is 7. The van der Waals surface area contributed by atoms with Gasteiger partial charge in [0, 0.05) is 7.05 Å². The fourth-order valence-corrected chi connectivity index (χ4v) is 1.26. The third-order valence-electron chi connectivity index (χ3n) is 2.37. The van der Waals surface area contributed by atoms with Gasteiger partial charge < -0.3 is 9.26 Å². The second-order valence-corrected chi connectivity index (χ2v) is 3.85. The van der Waals surface area contributed by atoms with Crippen LogP contribution in [0.3, 0.4) is 0 Å². The quantitative estimate of drug-likeness (QED) is 0.801. The molecule has 0 radical (unpaired) electrons. The highest BCUT2D eigenvalue weighted by Crippen LogP contribution is 2.29. The number of nitrogens with zero attached hydrogens (tertiary/aromatic N) is 4. The highest BCUT2D eigenvalue weighted by atomic mass is 19.4. The lowest BCUT2D eigenvalue weighted by atomic mass is 10.3. The van der Waals surface area contributed by atoms with E-state index in [1.807, 2.05) is 0 Å². The number of ether oxygens (including phenoxy) is 1. The monoisotopic (exact) mass is 318 g/mol. The summed E-state index contributed by atoms with van der Waals surface area (Å²) in [6.07, 6.45) is -4.40. The van der Waals surface area contributed by atoms with Crippen LogP contribution in [0.2, 0.25) is 0 Å². The van der Waals surface area contributed by atoms with Gasteiger partial charge >= 0.3 is 18.2 Å². The standard InChI is InChI=1S/C11H9F3N4O4/c1-18(20-2)10(19)21-6-3-4-7(15-5-6)8-16-9(22-17-8)11(12,13)14/h3-5H,1-2H3. The van der Waals surface area contributed by atoms with Gasteiger partial charge in [-0.15, -0.1) is 0 Å². The van der Waals surface area contributed by atoms with Crippen LogP contribution in [-0.2, 0) is 11.0 Å². The van der Waals surface area contributed by atoms with Gasteiger partial charge in [-0.2, -0.15) is 23.2 Å². The molecule has 0 spiro atoms. The lowest BCUT2D eigenvalue weighted by Crippen LogP contribution is -2.28. The van der Waals surface area contributed by atoms with Crippen LogP contribution >= 0.6 is 0 Å². The van der Waals surface area contributed by atoms with E-state index in [1.165, 1.54) is 26.3 Å². The maximum atomic E-state index is 12.3. The smallest absolute Gasteiger partial charge is 0.407 e. The first kappa shape index (κ1) is 15.7. The number of rotatable bonds is 3. The number of hydroxylamine groups is 2. The summed E-state index contributed by atoms with van der Waals surface area (Å²) < 4.78 is 46.0. The molecule has 2 aromatic heterocycles. The Hall–Kier alpha value is -2.69. The molecule has 22 heavy (non-hydrogen) atoms. The van der Waals surface area contributed by atoms with Gasteiger partial charge in [0.05, 0.1) is 13.3 Å². The number of pyridine rings is 1. The Labute approximate surface area is 121 Å². The number of aromatic nitrogens is 3. The summed E-state index contributed by atoms with van der Waals surface area (Å²) in [7, 11) is 2.61. The Kier molecular flexibility index (Phi) is 4.26.